The van der Waals surface area contributed by atoms with E-state index in [0.29, 0.717) is 0 Å². The molecule has 242 valence electrons. The van der Waals surface area contributed by atoms with Gasteiger partial charge in [0.15, 0.2) is 12.4 Å². The van der Waals surface area contributed by atoms with E-state index in [0.717, 1.165) is 6.92 Å². The molecule has 0 aromatic heterocycles. The molecule has 0 unspecified atom stereocenters. The number of azide groups is 3. The first kappa shape index (κ1) is 34.7. The maximum atomic E-state index is 12.3. The summed E-state index contributed by atoms with van der Waals surface area (Å²) < 4.78 is 29.0. The first-order valence-corrected chi connectivity index (χ1v) is 13.7. The summed E-state index contributed by atoms with van der Waals surface area (Å²) >= 11 is 0. The van der Waals surface area contributed by atoms with E-state index in [1.807, 2.05) is 0 Å². The Morgan fingerprint density at radius 1 is 1.05 bits per heavy atom. The predicted molar refractivity (Wildman–Crippen MR) is 147 cm³/mol. The van der Waals surface area contributed by atoms with Crippen molar-refractivity contribution in [2.75, 3.05) is 13.7 Å². The standard InChI is InChI=1S/C24H36N10O10/c1-10(35)16-7-6-13(28-31-25)22(42-16)43-18-14(29-32-26)8-15(30-33-27)19(17(18)38)44-23-20(41-12(3)37)21(34(5)11(2)36)24(4,39)9-40-23/h7,10,13-15,17-23,35,38-39H,6,8-9H2,1-5H3/t10-,13+,14-,15+,17-,18+,19-,20+,21+,22+,23+,24-/m0/s1. The van der Waals surface area contributed by atoms with Gasteiger partial charge in [-0.05, 0) is 49.4 Å². The highest BCUT2D eigenvalue weighted by Crippen LogP contribution is 2.37. The van der Waals surface area contributed by atoms with Gasteiger partial charge in [-0.1, -0.05) is 15.3 Å². The third kappa shape index (κ3) is 7.81. The number of esters is 1. The molecule has 2 heterocycles. The van der Waals surface area contributed by atoms with Crippen molar-refractivity contribution < 1.29 is 48.6 Å². The Kier molecular flexibility index (Phi) is 11.6. The molecule has 1 aliphatic carbocycles. The molecule has 2 aliphatic heterocycles. The van der Waals surface area contributed by atoms with Gasteiger partial charge in [-0.3, -0.25) is 9.59 Å². The smallest absolute Gasteiger partial charge is 0.303 e. The van der Waals surface area contributed by atoms with Gasteiger partial charge in [0.25, 0.3) is 0 Å². The highest BCUT2D eigenvalue weighted by molar-refractivity contribution is 5.73. The second-order valence-electron chi connectivity index (χ2n) is 10.9. The van der Waals surface area contributed by atoms with Crippen LogP contribution in [0.25, 0.3) is 31.3 Å². The normalized spacial score (nSPS) is 37.4. The number of likely N-dealkylation sites (N-methyl/N-ethyl adjacent to an activating group) is 1. The van der Waals surface area contributed by atoms with Crippen LogP contribution in [-0.2, 0) is 33.3 Å². The average molecular weight is 625 g/mol. The minimum absolute atomic E-state index is 0.121. The molecule has 0 aromatic rings. The zero-order valence-corrected chi connectivity index (χ0v) is 24.7. The molecule has 1 saturated heterocycles. The fraction of sp³-hybridized carbons (Fsp3) is 0.833. The van der Waals surface area contributed by atoms with Gasteiger partial charge in [-0.2, -0.15) is 0 Å². The molecule has 1 amide bonds. The number of aliphatic hydroxyl groups is 3. The molecule has 0 aromatic carbocycles. The first-order chi connectivity index (χ1) is 20.7. The van der Waals surface area contributed by atoms with E-state index in [4.69, 9.17) is 29.2 Å². The topological polar surface area (TPSA) is 291 Å². The number of nitrogens with zero attached hydrogens (tertiary/aromatic N) is 10. The van der Waals surface area contributed by atoms with Crippen molar-refractivity contribution in [1.82, 2.24) is 4.90 Å². The van der Waals surface area contributed by atoms with Crippen molar-refractivity contribution in [3.63, 3.8) is 0 Å². The lowest BCUT2D eigenvalue weighted by molar-refractivity contribution is -0.312. The Bertz CT molecular complexity index is 1250. The van der Waals surface area contributed by atoms with Crippen LogP contribution in [-0.4, -0.2) is 119 Å². The molecule has 0 bridgehead atoms. The van der Waals surface area contributed by atoms with Gasteiger partial charge in [0.1, 0.15) is 35.7 Å². The molecule has 12 atom stereocenters. The highest BCUT2D eigenvalue weighted by Gasteiger charge is 2.55. The second-order valence-corrected chi connectivity index (χ2v) is 10.9. The molecule has 0 spiro atoms. The van der Waals surface area contributed by atoms with Crippen LogP contribution < -0.4 is 0 Å². The highest BCUT2D eigenvalue weighted by atomic mass is 16.7. The van der Waals surface area contributed by atoms with Gasteiger partial charge in [-0.25, -0.2) is 0 Å². The van der Waals surface area contributed by atoms with Crippen LogP contribution in [0.2, 0.25) is 0 Å². The number of amides is 1. The average Bonchev–Trinajstić information content (AvgIpc) is 2.94. The van der Waals surface area contributed by atoms with Gasteiger partial charge in [0.2, 0.25) is 12.2 Å². The van der Waals surface area contributed by atoms with Crippen LogP contribution >= 0.6 is 0 Å². The Morgan fingerprint density at radius 3 is 2.09 bits per heavy atom. The summed E-state index contributed by atoms with van der Waals surface area (Å²) in [5.41, 5.74) is 25.9. The third-order valence-electron chi connectivity index (χ3n) is 7.61. The van der Waals surface area contributed by atoms with Gasteiger partial charge < -0.3 is 43.9 Å². The van der Waals surface area contributed by atoms with Crippen LogP contribution in [0.1, 0.15) is 40.5 Å². The number of ether oxygens (including phenoxy) is 5. The van der Waals surface area contributed by atoms with E-state index >= 15 is 0 Å². The number of rotatable bonds is 10. The number of carbonyl (C=O) groups is 2. The van der Waals surface area contributed by atoms with E-state index in [9.17, 15) is 36.0 Å². The summed E-state index contributed by atoms with van der Waals surface area (Å²) in [5.74, 6) is -1.12. The monoisotopic (exact) mass is 624 g/mol. The van der Waals surface area contributed by atoms with E-state index < -0.39 is 84.7 Å². The van der Waals surface area contributed by atoms with Crippen molar-refractivity contribution in [3.8, 4) is 0 Å². The molecule has 3 rings (SSSR count). The SMILES string of the molecule is CC(=O)O[C@H]1[C@@H](O[C@@H]2[C@@H](O)[C@H](O[C@H]3OC([C@H](C)O)=CC[C@H]3N=[N+]=[N-])[C@@H](N=[N+]=[N-])C[C@H]2N=[N+]=[N-])OC[C@](C)(O)[C@@H]1N(C)C(C)=O. The van der Waals surface area contributed by atoms with Crippen LogP contribution in [0.5, 0.6) is 0 Å². The molecule has 44 heavy (non-hydrogen) atoms. The van der Waals surface area contributed by atoms with Crippen molar-refractivity contribution in [3.05, 3.63) is 43.2 Å². The quantitative estimate of drug-likeness (QED) is 0.136. The van der Waals surface area contributed by atoms with Gasteiger partial charge in [0.05, 0.1) is 30.9 Å². The fourth-order valence-corrected chi connectivity index (χ4v) is 5.53. The molecular formula is C24H36N10O10. The summed E-state index contributed by atoms with van der Waals surface area (Å²) in [6, 6.07) is -4.41. The first-order valence-electron chi connectivity index (χ1n) is 13.7. The van der Waals surface area contributed by atoms with Crippen molar-refractivity contribution >= 4 is 11.9 Å². The van der Waals surface area contributed by atoms with E-state index in [-0.39, 0.29) is 25.2 Å². The maximum absolute atomic E-state index is 12.3. The van der Waals surface area contributed by atoms with Crippen molar-refractivity contribution in [2.45, 2.75) is 113 Å². The molecule has 2 fully saturated rings. The summed E-state index contributed by atoms with van der Waals surface area (Å²) in [6.45, 7) is 4.81. The van der Waals surface area contributed by atoms with Crippen LogP contribution in [0.15, 0.2) is 27.2 Å². The zero-order chi connectivity index (χ0) is 32.8. The van der Waals surface area contributed by atoms with E-state index in [1.54, 1.807) is 0 Å². The number of hydrogen-bond acceptors (Lipinski definition) is 13. The number of carbonyl (C=O) groups excluding carboxylic acids is 2. The summed E-state index contributed by atoms with van der Waals surface area (Å²) in [6.07, 6.45) is -8.39. The second kappa shape index (κ2) is 14.8. The van der Waals surface area contributed by atoms with Gasteiger partial charge >= 0.3 is 5.97 Å². The van der Waals surface area contributed by atoms with Crippen molar-refractivity contribution in [2.24, 2.45) is 15.3 Å². The summed E-state index contributed by atoms with van der Waals surface area (Å²) in [5, 5.41) is 43.8. The molecule has 20 heteroatoms. The van der Waals surface area contributed by atoms with Crippen LogP contribution in [0.4, 0.5) is 0 Å². The number of aliphatic hydroxyl groups excluding tert-OH is 2. The number of hydrogen-bond donors (Lipinski definition) is 3. The molecule has 3 N–H and O–H groups in total. The minimum Gasteiger partial charge on any atom is -0.466 e. The van der Waals surface area contributed by atoms with Gasteiger partial charge in [0, 0.05) is 35.6 Å². The van der Waals surface area contributed by atoms with E-state index in [2.05, 4.69) is 30.1 Å². The largest absolute Gasteiger partial charge is 0.466 e. The predicted octanol–water partition coefficient (Wildman–Crippen LogP) is 1.46. The zero-order valence-electron chi connectivity index (χ0n) is 24.7. The Morgan fingerprint density at radius 2 is 1.59 bits per heavy atom. The molecular weight excluding hydrogens is 588 g/mol. The van der Waals surface area contributed by atoms with Crippen molar-refractivity contribution in [1.29, 1.82) is 0 Å². The lowest BCUT2D eigenvalue weighted by Crippen LogP contribution is -2.69. The van der Waals surface area contributed by atoms with Gasteiger partial charge in [-0.15, -0.1) is 0 Å². The maximum Gasteiger partial charge on any atom is 0.303 e. The fourth-order valence-electron chi connectivity index (χ4n) is 5.53. The Hall–Kier alpha value is -3.83. The Balaban J connectivity index is 2.00. The molecule has 0 radical (unpaired) electrons. The lowest BCUT2D eigenvalue weighted by Gasteiger charge is -2.50. The molecule has 1 saturated carbocycles. The minimum atomic E-state index is -1.72. The summed E-state index contributed by atoms with van der Waals surface area (Å²) in [4.78, 5) is 34.0. The summed E-state index contributed by atoms with van der Waals surface area (Å²) in [7, 11) is 1.40. The van der Waals surface area contributed by atoms with E-state index in [1.165, 1.54) is 38.8 Å². The van der Waals surface area contributed by atoms with Crippen LogP contribution in [0.3, 0.4) is 0 Å². The lowest BCUT2D eigenvalue weighted by atomic mass is 9.83. The Labute approximate surface area is 251 Å². The molecule has 20 nitrogen and oxygen atoms in total. The van der Waals surface area contributed by atoms with Crippen LogP contribution in [0, 0.1) is 0 Å². The third-order valence-corrected chi connectivity index (χ3v) is 7.61. The molecule has 3 aliphatic rings.